The van der Waals surface area contributed by atoms with Crippen LogP contribution in [-0.2, 0) is 6.54 Å². The fourth-order valence-corrected chi connectivity index (χ4v) is 3.06. The Balaban J connectivity index is 1.80. The topological polar surface area (TPSA) is 42.5 Å². The number of ether oxygens (including phenoxy) is 2. The molecule has 0 saturated carbocycles. The van der Waals surface area contributed by atoms with Crippen LogP contribution in [-0.4, -0.2) is 32.3 Å². The van der Waals surface area contributed by atoms with Crippen molar-refractivity contribution in [3.63, 3.8) is 0 Å². The lowest BCUT2D eigenvalue weighted by Gasteiger charge is -2.29. The van der Waals surface area contributed by atoms with Crippen molar-refractivity contribution in [2.45, 2.75) is 64.6 Å². The molecular formula is C19H32N2O2. The van der Waals surface area contributed by atoms with E-state index in [1.54, 1.807) is 7.11 Å². The maximum absolute atomic E-state index is 5.78. The molecule has 1 aromatic carbocycles. The predicted octanol–water partition coefficient (Wildman–Crippen LogP) is 3.49. The van der Waals surface area contributed by atoms with Crippen LogP contribution in [0.15, 0.2) is 18.2 Å². The normalized spacial score (nSPS) is 21.2. The van der Waals surface area contributed by atoms with E-state index in [4.69, 9.17) is 9.47 Å². The minimum atomic E-state index is 0.595. The molecule has 4 heteroatoms. The summed E-state index contributed by atoms with van der Waals surface area (Å²) in [7, 11) is 1.70. The summed E-state index contributed by atoms with van der Waals surface area (Å²) in [6.07, 6.45) is 6.10. The van der Waals surface area contributed by atoms with Crippen molar-refractivity contribution in [2.24, 2.45) is 0 Å². The molecule has 2 unspecified atom stereocenters. The Morgan fingerprint density at radius 3 is 2.87 bits per heavy atom. The Kier molecular flexibility index (Phi) is 7.69. The quantitative estimate of drug-likeness (QED) is 0.684. The maximum atomic E-state index is 5.78. The molecule has 1 aromatic rings. The van der Waals surface area contributed by atoms with Crippen molar-refractivity contribution in [2.75, 3.05) is 20.3 Å². The number of hydrogen-bond acceptors (Lipinski definition) is 4. The van der Waals surface area contributed by atoms with Crippen LogP contribution in [0.1, 0.15) is 51.5 Å². The number of piperidine rings is 1. The molecule has 0 bridgehead atoms. The molecule has 2 N–H and O–H groups in total. The van der Waals surface area contributed by atoms with E-state index in [0.29, 0.717) is 12.1 Å². The van der Waals surface area contributed by atoms with E-state index < -0.39 is 0 Å². The third-order valence-electron chi connectivity index (χ3n) is 4.41. The van der Waals surface area contributed by atoms with Crippen molar-refractivity contribution in [3.8, 4) is 11.5 Å². The molecule has 2 atom stereocenters. The molecule has 0 aromatic heterocycles. The fourth-order valence-electron chi connectivity index (χ4n) is 3.06. The van der Waals surface area contributed by atoms with Crippen LogP contribution in [0, 0.1) is 0 Å². The van der Waals surface area contributed by atoms with Crippen LogP contribution >= 0.6 is 0 Å². The van der Waals surface area contributed by atoms with Crippen LogP contribution in [0.4, 0.5) is 0 Å². The molecule has 1 heterocycles. The standard InChI is InChI=1S/C19H32N2O2/c1-4-5-11-23-18-10-9-16(12-19(18)22-3)13-20-14-17-8-6-7-15(2)21-17/h9-10,12,15,17,20-21H,4-8,11,13-14H2,1-3H3. The van der Waals surface area contributed by atoms with E-state index in [1.165, 1.54) is 24.8 Å². The summed E-state index contributed by atoms with van der Waals surface area (Å²) in [6.45, 7) is 7.06. The van der Waals surface area contributed by atoms with Gasteiger partial charge in [-0.25, -0.2) is 0 Å². The van der Waals surface area contributed by atoms with Crippen LogP contribution in [0.25, 0.3) is 0 Å². The summed E-state index contributed by atoms with van der Waals surface area (Å²) in [4.78, 5) is 0. The number of unbranched alkanes of at least 4 members (excludes halogenated alkanes) is 1. The second-order valence-corrected chi connectivity index (χ2v) is 6.51. The molecule has 0 amide bonds. The molecule has 0 radical (unpaired) electrons. The van der Waals surface area contributed by atoms with Crippen molar-refractivity contribution >= 4 is 0 Å². The number of nitrogens with one attached hydrogen (secondary N) is 2. The van der Waals surface area contributed by atoms with E-state index in [0.717, 1.165) is 44.0 Å². The lowest BCUT2D eigenvalue weighted by molar-refractivity contribution is 0.288. The van der Waals surface area contributed by atoms with Crippen molar-refractivity contribution < 1.29 is 9.47 Å². The predicted molar refractivity (Wildman–Crippen MR) is 95.3 cm³/mol. The van der Waals surface area contributed by atoms with Gasteiger partial charge in [-0.3, -0.25) is 0 Å². The monoisotopic (exact) mass is 320 g/mol. The summed E-state index contributed by atoms with van der Waals surface area (Å²) in [5, 5.41) is 7.21. The zero-order valence-electron chi connectivity index (χ0n) is 14.9. The Morgan fingerprint density at radius 1 is 1.26 bits per heavy atom. The second kappa shape index (κ2) is 9.78. The highest BCUT2D eigenvalue weighted by atomic mass is 16.5. The molecule has 130 valence electrons. The number of methoxy groups -OCH3 is 1. The smallest absolute Gasteiger partial charge is 0.161 e. The van der Waals surface area contributed by atoms with Crippen LogP contribution < -0.4 is 20.1 Å². The van der Waals surface area contributed by atoms with E-state index in [2.05, 4.69) is 36.6 Å². The number of benzene rings is 1. The van der Waals surface area contributed by atoms with E-state index in [-0.39, 0.29) is 0 Å². The first-order valence-corrected chi connectivity index (χ1v) is 8.99. The van der Waals surface area contributed by atoms with Gasteiger partial charge in [-0.05, 0) is 43.9 Å². The molecular weight excluding hydrogens is 288 g/mol. The molecule has 23 heavy (non-hydrogen) atoms. The average Bonchev–Trinajstić information content (AvgIpc) is 2.56. The zero-order valence-corrected chi connectivity index (χ0v) is 14.9. The van der Waals surface area contributed by atoms with E-state index in [1.807, 2.05) is 6.07 Å². The van der Waals surface area contributed by atoms with E-state index >= 15 is 0 Å². The summed E-state index contributed by atoms with van der Waals surface area (Å²) in [5.41, 5.74) is 1.23. The van der Waals surface area contributed by atoms with Gasteiger partial charge in [0.1, 0.15) is 0 Å². The third-order valence-corrected chi connectivity index (χ3v) is 4.41. The van der Waals surface area contributed by atoms with Gasteiger partial charge in [0.25, 0.3) is 0 Å². The molecule has 0 aliphatic carbocycles. The van der Waals surface area contributed by atoms with Gasteiger partial charge < -0.3 is 20.1 Å². The highest BCUT2D eigenvalue weighted by Crippen LogP contribution is 2.28. The van der Waals surface area contributed by atoms with Gasteiger partial charge in [-0.1, -0.05) is 25.8 Å². The second-order valence-electron chi connectivity index (χ2n) is 6.51. The van der Waals surface area contributed by atoms with Gasteiger partial charge in [0, 0.05) is 25.2 Å². The molecule has 1 saturated heterocycles. The third kappa shape index (κ3) is 6.04. The highest BCUT2D eigenvalue weighted by Gasteiger charge is 2.17. The van der Waals surface area contributed by atoms with Crippen LogP contribution in [0.5, 0.6) is 11.5 Å². The van der Waals surface area contributed by atoms with Crippen molar-refractivity contribution in [3.05, 3.63) is 23.8 Å². The van der Waals surface area contributed by atoms with Crippen LogP contribution in [0.2, 0.25) is 0 Å². The van der Waals surface area contributed by atoms with E-state index in [9.17, 15) is 0 Å². The van der Waals surface area contributed by atoms with Gasteiger partial charge >= 0.3 is 0 Å². The van der Waals surface area contributed by atoms with Gasteiger partial charge in [0.05, 0.1) is 13.7 Å². The first-order chi connectivity index (χ1) is 11.2. The Hall–Kier alpha value is -1.26. The Bertz CT molecular complexity index is 465. The number of rotatable bonds is 9. The number of hydrogen-bond donors (Lipinski definition) is 2. The summed E-state index contributed by atoms with van der Waals surface area (Å²) < 4.78 is 11.2. The Morgan fingerprint density at radius 2 is 2.13 bits per heavy atom. The largest absolute Gasteiger partial charge is 0.493 e. The Labute approximate surface area is 140 Å². The van der Waals surface area contributed by atoms with Gasteiger partial charge in [0.15, 0.2) is 11.5 Å². The minimum absolute atomic E-state index is 0.595. The zero-order chi connectivity index (χ0) is 16.5. The van der Waals surface area contributed by atoms with Crippen molar-refractivity contribution in [1.29, 1.82) is 0 Å². The SMILES string of the molecule is CCCCOc1ccc(CNCC2CCCC(C)N2)cc1OC. The highest BCUT2D eigenvalue weighted by molar-refractivity contribution is 5.42. The maximum Gasteiger partial charge on any atom is 0.161 e. The minimum Gasteiger partial charge on any atom is -0.493 e. The fraction of sp³-hybridized carbons (Fsp3) is 0.684. The molecule has 4 nitrogen and oxygen atoms in total. The molecule has 1 aliphatic rings. The molecule has 1 fully saturated rings. The summed E-state index contributed by atoms with van der Waals surface area (Å²) in [5.74, 6) is 1.66. The summed E-state index contributed by atoms with van der Waals surface area (Å²) in [6, 6.07) is 7.46. The van der Waals surface area contributed by atoms with Gasteiger partial charge in [-0.15, -0.1) is 0 Å². The molecule has 2 rings (SSSR count). The lowest BCUT2D eigenvalue weighted by atomic mass is 9.99. The first kappa shape index (κ1) is 18.1. The van der Waals surface area contributed by atoms with Crippen molar-refractivity contribution in [1.82, 2.24) is 10.6 Å². The first-order valence-electron chi connectivity index (χ1n) is 8.99. The summed E-state index contributed by atoms with van der Waals surface area (Å²) >= 11 is 0. The van der Waals surface area contributed by atoms with Crippen LogP contribution in [0.3, 0.4) is 0 Å². The van der Waals surface area contributed by atoms with Gasteiger partial charge in [-0.2, -0.15) is 0 Å². The molecule has 1 aliphatic heterocycles. The molecule has 0 spiro atoms. The average molecular weight is 320 g/mol. The lowest BCUT2D eigenvalue weighted by Crippen LogP contribution is -2.45. The van der Waals surface area contributed by atoms with Gasteiger partial charge in [0.2, 0.25) is 0 Å².